The number of halogens is 1. The molecule has 0 bridgehead atoms. The number of nitrogens with zero attached hydrogens (tertiary/aromatic N) is 1. The Morgan fingerprint density at radius 3 is 2.00 bits per heavy atom. The summed E-state index contributed by atoms with van der Waals surface area (Å²) in [5.41, 5.74) is 1.35. The van der Waals surface area contributed by atoms with Crippen LogP contribution in [0.5, 0.6) is 5.75 Å². The number of rotatable bonds is 5. The highest BCUT2D eigenvalue weighted by Crippen LogP contribution is 2.28. The summed E-state index contributed by atoms with van der Waals surface area (Å²) >= 11 is 6.10. The molecule has 29 heavy (non-hydrogen) atoms. The van der Waals surface area contributed by atoms with E-state index in [1.54, 1.807) is 48.5 Å². The third-order valence-corrected chi connectivity index (χ3v) is 5.04. The fourth-order valence-electron chi connectivity index (χ4n) is 3.31. The lowest BCUT2D eigenvalue weighted by atomic mass is 10.0. The van der Waals surface area contributed by atoms with Crippen LogP contribution in [0.2, 0.25) is 5.02 Å². The normalized spacial score (nSPS) is 13.9. The van der Waals surface area contributed by atoms with Crippen LogP contribution in [0.4, 0.5) is 0 Å². The van der Waals surface area contributed by atoms with Crippen molar-refractivity contribution in [2.75, 3.05) is 0 Å². The maximum Gasteiger partial charge on any atom is 0.335 e. The number of imide groups is 1. The zero-order valence-electron chi connectivity index (χ0n) is 15.2. The predicted octanol–water partition coefficient (Wildman–Crippen LogP) is 4.15. The van der Waals surface area contributed by atoms with Crippen LogP contribution in [0, 0.1) is 0 Å². The fraction of sp³-hybridized carbons (Fsp3) is 0.0870. The molecule has 0 aliphatic carbocycles. The van der Waals surface area contributed by atoms with Crippen molar-refractivity contribution >= 4 is 29.4 Å². The Morgan fingerprint density at radius 1 is 0.828 bits per heavy atom. The van der Waals surface area contributed by atoms with Crippen molar-refractivity contribution in [3.8, 4) is 5.75 Å². The molecule has 1 atom stereocenters. The first-order chi connectivity index (χ1) is 14.1. The minimum atomic E-state index is -1.12. The van der Waals surface area contributed by atoms with Crippen molar-refractivity contribution in [3.63, 3.8) is 0 Å². The molecule has 6 heteroatoms. The van der Waals surface area contributed by atoms with Crippen molar-refractivity contribution in [2.24, 2.45) is 0 Å². The van der Waals surface area contributed by atoms with Gasteiger partial charge in [-0.15, -0.1) is 0 Å². The van der Waals surface area contributed by atoms with E-state index in [-0.39, 0.29) is 28.3 Å². The third kappa shape index (κ3) is 3.65. The number of fused-ring (bicyclic) bond motifs is 1. The summed E-state index contributed by atoms with van der Waals surface area (Å²) in [6.07, 6.45) is 0.135. The Labute approximate surface area is 172 Å². The summed E-state index contributed by atoms with van der Waals surface area (Å²) < 4.78 is 5.47. The molecular formula is C23H16ClNO4. The summed E-state index contributed by atoms with van der Waals surface area (Å²) in [4.78, 5) is 39.9. The summed E-state index contributed by atoms with van der Waals surface area (Å²) in [6, 6.07) is 21.1. The van der Waals surface area contributed by atoms with Crippen molar-refractivity contribution in [1.29, 1.82) is 0 Å². The van der Waals surface area contributed by atoms with Crippen LogP contribution in [0.3, 0.4) is 0 Å². The molecule has 4 rings (SSSR count). The molecule has 0 aromatic heterocycles. The van der Waals surface area contributed by atoms with Gasteiger partial charge in [-0.25, -0.2) is 4.79 Å². The monoisotopic (exact) mass is 405 g/mol. The van der Waals surface area contributed by atoms with Gasteiger partial charge in [-0.1, -0.05) is 66.2 Å². The topological polar surface area (TPSA) is 63.7 Å². The number of hydrogen-bond acceptors (Lipinski definition) is 4. The van der Waals surface area contributed by atoms with Crippen LogP contribution in [-0.4, -0.2) is 28.7 Å². The molecule has 0 spiro atoms. The Balaban J connectivity index is 1.69. The third-order valence-electron chi connectivity index (χ3n) is 4.73. The number of para-hydroxylation sites is 1. The summed E-state index contributed by atoms with van der Waals surface area (Å²) in [6.45, 7) is 0. The highest BCUT2D eigenvalue weighted by atomic mass is 35.5. The van der Waals surface area contributed by atoms with Gasteiger partial charge in [0.2, 0.25) is 0 Å². The van der Waals surface area contributed by atoms with E-state index in [9.17, 15) is 14.4 Å². The Morgan fingerprint density at radius 2 is 1.38 bits per heavy atom. The molecule has 5 nitrogen and oxygen atoms in total. The number of carbonyl (C=O) groups is 3. The lowest BCUT2D eigenvalue weighted by molar-refractivity contribution is -0.138. The number of amides is 2. The van der Waals surface area contributed by atoms with Gasteiger partial charge in [0.1, 0.15) is 11.8 Å². The van der Waals surface area contributed by atoms with E-state index < -0.39 is 23.8 Å². The second-order valence-corrected chi connectivity index (χ2v) is 6.99. The first-order valence-corrected chi connectivity index (χ1v) is 9.41. The van der Waals surface area contributed by atoms with Crippen molar-refractivity contribution in [3.05, 3.63) is 101 Å². The van der Waals surface area contributed by atoms with E-state index in [0.29, 0.717) is 0 Å². The van der Waals surface area contributed by atoms with Gasteiger partial charge in [0.15, 0.2) is 0 Å². The lowest BCUT2D eigenvalue weighted by Gasteiger charge is -2.24. The first kappa shape index (κ1) is 18.9. The highest BCUT2D eigenvalue weighted by molar-refractivity contribution is 6.32. The van der Waals surface area contributed by atoms with Crippen molar-refractivity contribution in [2.45, 2.75) is 12.5 Å². The SMILES string of the molecule is O=C(Oc1ccccc1Cl)C(Cc1ccccc1)N1C(=O)c2ccccc2C1=O. The molecule has 1 unspecified atom stereocenters. The second-order valence-electron chi connectivity index (χ2n) is 6.58. The highest BCUT2D eigenvalue weighted by Gasteiger charge is 2.43. The molecule has 0 saturated heterocycles. The average molecular weight is 406 g/mol. The van der Waals surface area contributed by atoms with Crippen molar-refractivity contribution in [1.82, 2.24) is 4.90 Å². The Kier molecular flexibility index (Phi) is 5.14. The molecule has 3 aromatic rings. The average Bonchev–Trinajstić information content (AvgIpc) is 2.99. The maximum atomic E-state index is 13.1. The molecule has 1 aliphatic rings. The van der Waals surface area contributed by atoms with E-state index in [1.165, 1.54) is 0 Å². The molecule has 2 amide bonds. The second kappa shape index (κ2) is 7.89. The standard InChI is InChI=1S/C23H16ClNO4/c24-18-12-6-7-13-20(18)29-23(28)19(14-15-8-2-1-3-9-15)25-21(26)16-10-4-5-11-17(16)22(25)27/h1-13,19H,14H2. The molecule has 1 heterocycles. The minimum Gasteiger partial charge on any atom is -0.423 e. The first-order valence-electron chi connectivity index (χ1n) is 9.03. The minimum absolute atomic E-state index is 0.135. The van der Waals surface area contributed by atoms with Crippen LogP contribution < -0.4 is 4.74 Å². The van der Waals surface area contributed by atoms with E-state index in [1.807, 2.05) is 30.3 Å². The van der Waals surface area contributed by atoms with Crippen LogP contribution in [0.25, 0.3) is 0 Å². The fourth-order valence-corrected chi connectivity index (χ4v) is 3.49. The zero-order chi connectivity index (χ0) is 20.4. The smallest absolute Gasteiger partial charge is 0.335 e. The lowest BCUT2D eigenvalue weighted by Crippen LogP contribution is -2.48. The summed E-state index contributed by atoms with van der Waals surface area (Å²) in [7, 11) is 0. The van der Waals surface area contributed by atoms with Gasteiger partial charge in [0.05, 0.1) is 16.1 Å². The van der Waals surface area contributed by atoms with Gasteiger partial charge >= 0.3 is 5.97 Å². The molecule has 0 fully saturated rings. The molecule has 3 aromatic carbocycles. The van der Waals surface area contributed by atoms with Crippen molar-refractivity contribution < 1.29 is 19.1 Å². The number of benzene rings is 3. The van der Waals surface area contributed by atoms with Crippen LogP contribution in [0.15, 0.2) is 78.9 Å². The molecule has 144 valence electrons. The summed E-state index contributed by atoms with van der Waals surface area (Å²) in [5, 5.41) is 0.265. The van der Waals surface area contributed by atoms with E-state index in [2.05, 4.69) is 0 Å². The van der Waals surface area contributed by atoms with E-state index in [0.717, 1.165) is 10.5 Å². The van der Waals surface area contributed by atoms with Gasteiger partial charge in [0.25, 0.3) is 11.8 Å². The number of esters is 1. The Hall–Kier alpha value is -3.44. The van der Waals surface area contributed by atoms with Gasteiger partial charge < -0.3 is 4.74 Å². The van der Waals surface area contributed by atoms with Gasteiger partial charge in [0, 0.05) is 6.42 Å². The van der Waals surface area contributed by atoms with Gasteiger partial charge in [-0.2, -0.15) is 0 Å². The number of hydrogen-bond donors (Lipinski definition) is 0. The largest absolute Gasteiger partial charge is 0.423 e. The van der Waals surface area contributed by atoms with Crippen LogP contribution >= 0.6 is 11.6 Å². The molecule has 0 N–H and O–H groups in total. The van der Waals surface area contributed by atoms with Gasteiger partial charge in [-0.05, 0) is 29.8 Å². The van der Waals surface area contributed by atoms with Crippen LogP contribution in [0.1, 0.15) is 26.3 Å². The quantitative estimate of drug-likeness (QED) is 0.363. The van der Waals surface area contributed by atoms with Crippen LogP contribution in [-0.2, 0) is 11.2 Å². The molecule has 1 aliphatic heterocycles. The van der Waals surface area contributed by atoms with E-state index in [4.69, 9.17) is 16.3 Å². The number of ether oxygens (including phenoxy) is 1. The van der Waals surface area contributed by atoms with Gasteiger partial charge in [-0.3, -0.25) is 14.5 Å². The molecular weight excluding hydrogens is 390 g/mol. The molecule has 0 radical (unpaired) electrons. The van der Waals surface area contributed by atoms with E-state index >= 15 is 0 Å². The predicted molar refractivity (Wildman–Crippen MR) is 108 cm³/mol. The Bertz CT molecular complexity index is 1060. The number of carbonyl (C=O) groups excluding carboxylic acids is 3. The maximum absolute atomic E-state index is 13.1. The molecule has 0 saturated carbocycles. The zero-order valence-corrected chi connectivity index (χ0v) is 16.0. The summed E-state index contributed by atoms with van der Waals surface area (Å²) in [5.74, 6) is -1.57.